The van der Waals surface area contributed by atoms with Crippen LogP contribution in [0.2, 0.25) is 10.0 Å². The summed E-state index contributed by atoms with van der Waals surface area (Å²) in [7, 11) is 0. The van der Waals surface area contributed by atoms with Gasteiger partial charge in [-0.2, -0.15) is 0 Å². The lowest BCUT2D eigenvalue weighted by molar-refractivity contribution is -0.127. The molecule has 0 saturated carbocycles. The van der Waals surface area contributed by atoms with Crippen molar-refractivity contribution in [3.8, 4) is 0 Å². The van der Waals surface area contributed by atoms with Gasteiger partial charge >= 0.3 is 0 Å². The maximum atomic E-state index is 11.8. The first kappa shape index (κ1) is 15.7. The number of carbonyl (C=O) groups excluding carboxylic acids is 1. The Kier molecular flexibility index (Phi) is 6.90. The predicted molar refractivity (Wildman–Crippen MR) is 80.6 cm³/mol. The Balaban J connectivity index is 2.41. The first-order valence-electron chi connectivity index (χ1n) is 5.87. The number of amides is 1. The van der Waals surface area contributed by atoms with Crippen molar-refractivity contribution in [3.05, 3.63) is 33.8 Å². The number of nitrogens with zero attached hydrogens (tertiary/aromatic N) is 1. The molecule has 1 rings (SSSR count). The SMILES string of the molecule is CCN(CC)C(=O)CSCc1ccc(Cl)c(Cl)c1. The second-order valence-corrected chi connectivity index (χ2v) is 5.61. The zero-order chi connectivity index (χ0) is 13.5. The highest BCUT2D eigenvalue weighted by Crippen LogP contribution is 2.24. The van der Waals surface area contributed by atoms with Crippen molar-refractivity contribution in [2.45, 2.75) is 19.6 Å². The Morgan fingerprint density at radius 2 is 1.89 bits per heavy atom. The van der Waals surface area contributed by atoms with E-state index in [0.29, 0.717) is 15.8 Å². The van der Waals surface area contributed by atoms with Crippen LogP contribution in [-0.4, -0.2) is 29.6 Å². The lowest BCUT2D eigenvalue weighted by Gasteiger charge is -2.18. The van der Waals surface area contributed by atoms with Gasteiger partial charge in [-0.25, -0.2) is 0 Å². The molecule has 18 heavy (non-hydrogen) atoms. The Bertz CT molecular complexity index is 408. The van der Waals surface area contributed by atoms with E-state index in [2.05, 4.69) is 0 Å². The first-order chi connectivity index (χ1) is 8.58. The minimum atomic E-state index is 0.185. The molecular weight excluding hydrogens is 289 g/mol. The molecule has 0 N–H and O–H groups in total. The maximum absolute atomic E-state index is 11.8. The van der Waals surface area contributed by atoms with Crippen LogP contribution in [0.25, 0.3) is 0 Å². The number of hydrogen-bond acceptors (Lipinski definition) is 2. The van der Waals surface area contributed by atoms with Crippen LogP contribution in [0.1, 0.15) is 19.4 Å². The summed E-state index contributed by atoms with van der Waals surface area (Å²) in [6, 6.07) is 5.56. The van der Waals surface area contributed by atoms with E-state index in [9.17, 15) is 4.79 Å². The van der Waals surface area contributed by atoms with E-state index in [-0.39, 0.29) is 5.91 Å². The molecule has 1 amide bonds. The molecule has 0 heterocycles. The zero-order valence-electron chi connectivity index (χ0n) is 10.6. The molecule has 2 nitrogen and oxygen atoms in total. The van der Waals surface area contributed by atoms with Crippen molar-refractivity contribution in [3.63, 3.8) is 0 Å². The molecule has 0 fully saturated rings. The van der Waals surface area contributed by atoms with Crippen LogP contribution >= 0.6 is 35.0 Å². The molecule has 0 aliphatic rings. The molecule has 0 aliphatic carbocycles. The second-order valence-electron chi connectivity index (χ2n) is 3.81. The van der Waals surface area contributed by atoms with Gasteiger partial charge in [0.1, 0.15) is 0 Å². The number of benzene rings is 1. The monoisotopic (exact) mass is 305 g/mol. The van der Waals surface area contributed by atoms with Crippen molar-refractivity contribution in [2.24, 2.45) is 0 Å². The van der Waals surface area contributed by atoms with E-state index in [1.54, 1.807) is 17.8 Å². The molecule has 0 radical (unpaired) electrons. The lowest BCUT2D eigenvalue weighted by Crippen LogP contribution is -2.31. The van der Waals surface area contributed by atoms with E-state index in [0.717, 1.165) is 24.4 Å². The van der Waals surface area contributed by atoms with E-state index in [4.69, 9.17) is 23.2 Å². The summed E-state index contributed by atoms with van der Waals surface area (Å²) in [5.74, 6) is 1.45. The van der Waals surface area contributed by atoms with Crippen LogP contribution in [-0.2, 0) is 10.5 Å². The number of thioether (sulfide) groups is 1. The van der Waals surface area contributed by atoms with Crippen molar-refractivity contribution < 1.29 is 4.79 Å². The average Bonchev–Trinajstić information content (AvgIpc) is 2.35. The largest absolute Gasteiger partial charge is 0.343 e. The van der Waals surface area contributed by atoms with Crippen LogP contribution in [0.5, 0.6) is 0 Å². The van der Waals surface area contributed by atoms with E-state index < -0.39 is 0 Å². The summed E-state index contributed by atoms with van der Waals surface area (Å²) in [4.78, 5) is 13.6. The van der Waals surface area contributed by atoms with E-state index in [1.807, 2.05) is 30.9 Å². The van der Waals surface area contributed by atoms with Gasteiger partial charge in [-0.3, -0.25) is 4.79 Å². The average molecular weight is 306 g/mol. The molecular formula is C13H17Cl2NOS. The first-order valence-corrected chi connectivity index (χ1v) is 7.79. The minimum Gasteiger partial charge on any atom is -0.343 e. The van der Waals surface area contributed by atoms with Gasteiger partial charge in [-0.15, -0.1) is 11.8 Å². The summed E-state index contributed by atoms with van der Waals surface area (Å²) in [6.07, 6.45) is 0. The van der Waals surface area contributed by atoms with Crippen molar-refractivity contribution in [1.29, 1.82) is 0 Å². The van der Waals surface area contributed by atoms with Gasteiger partial charge in [0.2, 0.25) is 5.91 Å². The fourth-order valence-corrected chi connectivity index (χ4v) is 2.75. The third kappa shape index (κ3) is 4.71. The molecule has 0 spiro atoms. The summed E-state index contributed by atoms with van der Waals surface area (Å²) >= 11 is 13.4. The molecule has 1 aromatic carbocycles. The summed E-state index contributed by atoms with van der Waals surface area (Å²) < 4.78 is 0. The third-order valence-corrected chi connectivity index (χ3v) is 4.32. The van der Waals surface area contributed by atoms with Gasteiger partial charge < -0.3 is 4.90 Å². The van der Waals surface area contributed by atoms with Crippen LogP contribution in [0, 0.1) is 0 Å². The van der Waals surface area contributed by atoms with Gasteiger partial charge in [-0.1, -0.05) is 29.3 Å². The van der Waals surface area contributed by atoms with Gasteiger partial charge in [-0.05, 0) is 31.5 Å². The Morgan fingerprint density at radius 1 is 1.22 bits per heavy atom. The second kappa shape index (κ2) is 7.93. The fourth-order valence-electron chi connectivity index (χ4n) is 1.55. The predicted octanol–water partition coefficient (Wildman–Crippen LogP) is 4.10. The van der Waals surface area contributed by atoms with E-state index in [1.165, 1.54) is 0 Å². The van der Waals surface area contributed by atoms with Crippen LogP contribution in [0.15, 0.2) is 18.2 Å². The Labute approximate surface area is 123 Å². The van der Waals surface area contributed by atoms with Crippen LogP contribution < -0.4 is 0 Å². The number of halogens is 2. The molecule has 0 aliphatic heterocycles. The van der Waals surface area contributed by atoms with Gasteiger partial charge in [0.15, 0.2) is 0 Å². The summed E-state index contributed by atoms with van der Waals surface area (Å²) in [5, 5.41) is 1.12. The summed E-state index contributed by atoms with van der Waals surface area (Å²) in [6.45, 7) is 5.52. The number of hydrogen-bond donors (Lipinski definition) is 0. The molecule has 0 unspecified atom stereocenters. The molecule has 0 aromatic heterocycles. The molecule has 0 atom stereocenters. The molecule has 100 valence electrons. The smallest absolute Gasteiger partial charge is 0.232 e. The van der Waals surface area contributed by atoms with Crippen molar-refractivity contribution >= 4 is 40.9 Å². The number of carbonyl (C=O) groups is 1. The molecule has 5 heteroatoms. The highest BCUT2D eigenvalue weighted by Gasteiger charge is 2.09. The Hall–Kier alpha value is -0.380. The van der Waals surface area contributed by atoms with Crippen molar-refractivity contribution in [2.75, 3.05) is 18.8 Å². The fraction of sp³-hybridized carbons (Fsp3) is 0.462. The van der Waals surface area contributed by atoms with Gasteiger partial charge in [0, 0.05) is 18.8 Å². The van der Waals surface area contributed by atoms with Gasteiger partial charge in [0.05, 0.1) is 15.8 Å². The molecule has 0 bridgehead atoms. The zero-order valence-corrected chi connectivity index (χ0v) is 12.9. The molecule has 0 saturated heterocycles. The maximum Gasteiger partial charge on any atom is 0.232 e. The quantitative estimate of drug-likeness (QED) is 0.789. The van der Waals surface area contributed by atoms with E-state index >= 15 is 0 Å². The normalized spacial score (nSPS) is 10.4. The third-order valence-electron chi connectivity index (χ3n) is 2.59. The lowest BCUT2D eigenvalue weighted by atomic mass is 10.2. The Morgan fingerprint density at radius 3 is 2.44 bits per heavy atom. The highest BCUT2D eigenvalue weighted by atomic mass is 35.5. The highest BCUT2D eigenvalue weighted by molar-refractivity contribution is 7.99. The van der Waals surface area contributed by atoms with Gasteiger partial charge in [0.25, 0.3) is 0 Å². The topological polar surface area (TPSA) is 20.3 Å². The number of rotatable bonds is 6. The van der Waals surface area contributed by atoms with Crippen LogP contribution in [0.3, 0.4) is 0 Å². The van der Waals surface area contributed by atoms with Crippen LogP contribution in [0.4, 0.5) is 0 Å². The minimum absolute atomic E-state index is 0.185. The summed E-state index contributed by atoms with van der Waals surface area (Å²) in [5.41, 5.74) is 1.08. The standard InChI is InChI=1S/C13H17Cl2NOS/c1-3-16(4-2)13(17)9-18-8-10-5-6-11(14)12(15)7-10/h5-7H,3-4,8-9H2,1-2H3. The van der Waals surface area contributed by atoms with Crippen molar-refractivity contribution in [1.82, 2.24) is 4.90 Å². The molecule has 1 aromatic rings.